The molecular weight excluding hydrogens is 330 g/mol. The van der Waals surface area contributed by atoms with E-state index in [4.69, 9.17) is 0 Å². The highest BCUT2D eigenvalue weighted by atomic mass is 16.2. The molecule has 2 amide bonds. The zero-order chi connectivity index (χ0) is 18.9. The minimum Gasteiger partial charge on any atom is -0.352 e. The van der Waals surface area contributed by atoms with Crippen LogP contribution in [0.3, 0.4) is 0 Å². The predicted molar refractivity (Wildman–Crippen MR) is 104 cm³/mol. The first kappa shape index (κ1) is 19.4. The van der Waals surface area contributed by atoms with Crippen LogP contribution in [0.15, 0.2) is 42.6 Å². The molecule has 0 aliphatic rings. The van der Waals surface area contributed by atoms with Crippen LogP contribution in [0.2, 0.25) is 0 Å². The molecule has 26 heavy (non-hydrogen) atoms. The van der Waals surface area contributed by atoms with Gasteiger partial charge in [0.15, 0.2) is 0 Å². The second kappa shape index (κ2) is 9.53. The van der Waals surface area contributed by atoms with Crippen LogP contribution in [0, 0.1) is 0 Å². The number of anilines is 3. The second-order valence-electron chi connectivity index (χ2n) is 6.23. The molecule has 2 rings (SSSR count). The summed E-state index contributed by atoms with van der Waals surface area (Å²) >= 11 is 0. The average molecular weight is 355 g/mol. The van der Waals surface area contributed by atoms with Crippen molar-refractivity contribution in [3.05, 3.63) is 48.2 Å². The Bertz CT molecular complexity index is 761. The van der Waals surface area contributed by atoms with E-state index >= 15 is 0 Å². The molecule has 1 aromatic heterocycles. The number of nitrogens with one attached hydrogen (secondary N) is 3. The van der Waals surface area contributed by atoms with E-state index in [-0.39, 0.29) is 11.8 Å². The molecule has 0 radical (unpaired) electrons. The standard InChI is InChI=1S/C19H25N5O2/c1-14(25)22-16-6-4-7-17(13-16)23-18-12-15(8-10-20-18)19(26)21-9-5-11-24(2)3/h4,6-8,10,12-13H,5,9,11H2,1-3H3,(H,20,23)(H,21,26)(H,22,25). The lowest BCUT2D eigenvalue weighted by Gasteiger charge is -2.11. The van der Waals surface area contributed by atoms with Crippen LogP contribution in [0.5, 0.6) is 0 Å². The van der Waals surface area contributed by atoms with Crippen LogP contribution in [-0.4, -0.2) is 48.9 Å². The third kappa shape index (κ3) is 6.52. The predicted octanol–water partition coefficient (Wildman–Crippen LogP) is 2.47. The molecule has 0 fully saturated rings. The molecule has 3 N–H and O–H groups in total. The fourth-order valence-electron chi connectivity index (χ4n) is 2.37. The Labute approximate surface area is 153 Å². The van der Waals surface area contributed by atoms with Gasteiger partial charge in [-0.15, -0.1) is 0 Å². The largest absolute Gasteiger partial charge is 0.352 e. The maximum atomic E-state index is 12.2. The fraction of sp³-hybridized carbons (Fsp3) is 0.316. The summed E-state index contributed by atoms with van der Waals surface area (Å²) in [5.74, 6) is 0.306. The second-order valence-corrected chi connectivity index (χ2v) is 6.23. The average Bonchev–Trinajstić information content (AvgIpc) is 2.58. The van der Waals surface area contributed by atoms with Gasteiger partial charge in [-0.25, -0.2) is 4.98 Å². The molecule has 0 saturated heterocycles. The van der Waals surface area contributed by atoms with Crippen LogP contribution >= 0.6 is 0 Å². The molecular formula is C19H25N5O2. The number of pyridine rings is 1. The van der Waals surface area contributed by atoms with Crippen molar-refractivity contribution in [2.75, 3.05) is 37.8 Å². The first-order valence-corrected chi connectivity index (χ1v) is 8.47. The van der Waals surface area contributed by atoms with Crippen molar-refractivity contribution in [3.8, 4) is 0 Å². The van der Waals surface area contributed by atoms with Gasteiger partial charge < -0.3 is 20.9 Å². The fourth-order valence-corrected chi connectivity index (χ4v) is 2.37. The molecule has 138 valence electrons. The molecule has 0 atom stereocenters. The van der Waals surface area contributed by atoms with Crippen molar-refractivity contribution < 1.29 is 9.59 Å². The van der Waals surface area contributed by atoms with E-state index in [1.54, 1.807) is 30.5 Å². The van der Waals surface area contributed by atoms with E-state index < -0.39 is 0 Å². The molecule has 0 bridgehead atoms. The van der Waals surface area contributed by atoms with Crippen molar-refractivity contribution in [2.24, 2.45) is 0 Å². The first-order valence-electron chi connectivity index (χ1n) is 8.47. The highest BCUT2D eigenvalue weighted by Gasteiger charge is 2.07. The highest BCUT2D eigenvalue weighted by Crippen LogP contribution is 2.19. The van der Waals surface area contributed by atoms with E-state index in [0.717, 1.165) is 18.7 Å². The van der Waals surface area contributed by atoms with Gasteiger partial charge in [-0.1, -0.05) is 6.07 Å². The third-order valence-electron chi connectivity index (χ3n) is 3.55. The number of rotatable bonds is 8. The van der Waals surface area contributed by atoms with Crippen molar-refractivity contribution in [1.29, 1.82) is 0 Å². The van der Waals surface area contributed by atoms with Crippen LogP contribution in [0.1, 0.15) is 23.7 Å². The molecule has 0 unspecified atom stereocenters. The maximum Gasteiger partial charge on any atom is 0.251 e. The Kier molecular flexibility index (Phi) is 7.11. The van der Waals surface area contributed by atoms with Crippen LogP contribution in [-0.2, 0) is 4.79 Å². The number of carbonyl (C=O) groups excluding carboxylic acids is 2. The van der Waals surface area contributed by atoms with Crippen LogP contribution in [0.4, 0.5) is 17.2 Å². The number of amides is 2. The molecule has 7 nitrogen and oxygen atoms in total. The Morgan fingerprint density at radius 3 is 2.62 bits per heavy atom. The number of hydrogen-bond donors (Lipinski definition) is 3. The van der Waals surface area contributed by atoms with E-state index in [2.05, 4.69) is 25.8 Å². The van der Waals surface area contributed by atoms with Crippen LogP contribution < -0.4 is 16.0 Å². The quantitative estimate of drug-likeness (QED) is 0.633. The summed E-state index contributed by atoms with van der Waals surface area (Å²) in [6.45, 7) is 3.01. The summed E-state index contributed by atoms with van der Waals surface area (Å²) in [5.41, 5.74) is 2.01. The zero-order valence-electron chi connectivity index (χ0n) is 15.4. The van der Waals surface area contributed by atoms with Crippen LogP contribution in [0.25, 0.3) is 0 Å². The lowest BCUT2D eigenvalue weighted by atomic mass is 10.2. The van der Waals surface area contributed by atoms with Gasteiger partial charge in [-0.05, 0) is 57.4 Å². The minimum atomic E-state index is -0.131. The van der Waals surface area contributed by atoms with Gasteiger partial charge in [0.05, 0.1) is 0 Å². The van der Waals surface area contributed by atoms with E-state index in [1.165, 1.54) is 6.92 Å². The van der Waals surface area contributed by atoms with Crippen molar-refractivity contribution in [1.82, 2.24) is 15.2 Å². The minimum absolute atomic E-state index is 0.124. The van der Waals surface area contributed by atoms with Crippen molar-refractivity contribution in [3.63, 3.8) is 0 Å². The molecule has 0 saturated carbocycles. The molecule has 0 spiro atoms. The Morgan fingerprint density at radius 1 is 1.12 bits per heavy atom. The zero-order valence-corrected chi connectivity index (χ0v) is 15.4. The number of carbonyl (C=O) groups is 2. The lowest BCUT2D eigenvalue weighted by molar-refractivity contribution is -0.114. The van der Waals surface area contributed by atoms with E-state index in [1.807, 2.05) is 26.2 Å². The number of nitrogens with zero attached hydrogens (tertiary/aromatic N) is 2. The van der Waals surface area contributed by atoms with E-state index in [0.29, 0.717) is 23.6 Å². The highest BCUT2D eigenvalue weighted by molar-refractivity contribution is 5.95. The van der Waals surface area contributed by atoms with Crippen molar-refractivity contribution in [2.45, 2.75) is 13.3 Å². The van der Waals surface area contributed by atoms with Gasteiger partial charge >= 0.3 is 0 Å². The summed E-state index contributed by atoms with van der Waals surface area (Å²) in [6.07, 6.45) is 2.49. The summed E-state index contributed by atoms with van der Waals surface area (Å²) in [7, 11) is 4.01. The topological polar surface area (TPSA) is 86.4 Å². The van der Waals surface area contributed by atoms with Gasteiger partial charge in [0.1, 0.15) is 5.82 Å². The van der Waals surface area contributed by atoms with Crippen molar-refractivity contribution >= 4 is 29.0 Å². The van der Waals surface area contributed by atoms with Gasteiger partial charge in [-0.3, -0.25) is 9.59 Å². The van der Waals surface area contributed by atoms with Gasteiger partial charge in [-0.2, -0.15) is 0 Å². The third-order valence-corrected chi connectivity index (χ3v) is 3.55. The van der Waals surface area contributed by atoms with Gasteiger partial charge in [0.25, 0.3) is 5.91 Å². The normalized spacial score (nSPS) is 10.5. The molecule has 7 heteroatoms. The summed E-state index contributed by atoms with van der Waals surface area (Å²) in [5, 5.41) is 8.78. The van der Waals surface area contributed by atoms with E-state index in [9.17, 15) is 9.59 Å². The number of aromatic nitrogens is 1. The maximum absolute atomic E-state index is 12.2. The molecule has 0 aliphatic heterocycles. The Morgan fingerprint density at radius 2 is 1.88 bits per heavy atom. The smallest absolute Gasteiger partial charge is 0.251 e. The molecule has 2 aromatic rings. The molecule has 1 aromatic carbocycles. The molecule has 0 aliphatic carbocycles. The van der Waals surface area contributed by atoms with Gasteiger partial charge in [0.2, 0.25) is 5.91 Å². The lowest BCUT2D eigenvalue weighted by Crippen LogP contribution is -2.27. The van der Waals surface area contributed by atoms with Gasteiger partial charge in [0, 0.05) is 36.6 Å². The summed E-state index contributed by atoms with van der Waals surface area (Å²) in [6, 6.07) is 10.7. The Hall–Kier alpha value is -2.93. The molecule has 1 heterocycles. The monoisotopic (exact) mass is 355 g/mol. The SMILES string of the molecule is CC(=O)Nc1cccc(Nc2cc(C(=O)NCCCN(C)C)ccn2)c1. The number of hydrogen-bond acceptors (Lipinski definition) is 5. The Balaban J connectivity index is 1.98. The first-order chi connectivity index (χ1) is 12.4. The summed E-state index contributed by atoms with van der Waals surface area (Å²) < 4.78 is 0. The summed E-state index contributed by atoms with van der Waals surface area (Å²) in [4.78, 5) is 29.7. The number of benzene rings is 1.